The van der Waals surface area contributed by atoms with Crippen LogP contribution in [0.15, 0.2) is 36.4 Å². The molecule has 0 saturated heterocycles. The Balaban J connectivity index is 2.07. The molecule has 0 heterocycles. The van der Waals surface area contributed by atoms with E-state index >= 15 is 0 Å². The van der Waals surface area contributed by atoms with Gasteiger partial charge < -0.3 is 34.3 Å². The average molecular weight is 1100 g/mol. The summed E-state index contributed by atoms with van der Waals surface area (Å²) in [4.78, 5) is 42.6. The van der Waals surface area contributed by atoms with E-state index in [0.29, 0.717) is 61.5 Å². The van der Waals surface area contributed by atoms with Gasteiger partial charge in [0.2, 0.25) is 0 Å². The standard InChI is InChI=1S/C67H104O10S/c1-20-21-22-23-24-25-26-27-28-29-30-31-57(78)77-44-67(41-74-54(68)38-45-32-48(61(2,3)4)58(71)49(33-45)62(5,6)7,42-75-55(69)39-46-34-50(63(8,9)10)59(72)51(35-46)64(11,12)13)43-76-56(70)40-47-36-52(65(14,15)16)60(73)53(37-47)66(17,18)19/h32-37,71-73H,20-31,38-44H2,1-19H3. The quantitative estimate of drug-likeness (QED) is 0.0305. The zero-order valence-corrected chi connectivity index (χ0v) is 52.8. The van der Waals surface area contributed by atoms with E-state index in [1.165, 1.54) is 51.4 Å². The van der Waals surface area contributed by atoms with E-state index in [1.807, 2.05) is 161 Å². The number of phenolic OH excluding ortho intramolecular Hbond substituents is 3. The fraction of sp³-hybridized carbons (Fsp3) is 0.672. The summed E-state index contributed by atoms with van der Waals surface area (Å²) in [6.07, 6.45) is 13.2. The number of esters is 3. The number of carbonyl (C=O) groups is 3. The fourth-order valence-electron chi connectivity index (χ4n) is 9.66. The number of benzene rings is 3. The highest BCUT2D eigenvalue weighted by atomic mass is 32.1. The van der Waals surface area contributed by atoms with Gasteiger partial charge in [0.05, 0.1) is 19.3 Å². The minimum Gasteiger partial charge on any atom is -0.507 e. The van der Waals surface area contributed by atoms with Gasteiger partial charge in [0.1, 0.15) is 49.1 Å². The van der Waals surface area contributed by atoms with E-state index in [9.17, 15) is 29.7 Å². The molecule has 0 aromatic heterocycles. The summed E-state index contributed by atoms with van der Waals surface area (Å²) in [7, 11) is 0. The molecule has 0 unspecified atom stereocenters. The molecule has 0 atom stereocenters. The van der Waals surface area contributed by atoms with Gasteiger partial charge in [-0.1, -0.05) is 232 Å². The zero-order chi connectivity index (χ0) is 59.2. The average Bonchev–Trinajstić information content (AvgIpc) is 3.29. The molecule has 3 aromatic carbocycles. The molecule has 0 aliphatic rings. The summed E-state index contributed by atoms with van der Waals surface area (Å²) in [6, 6.07) is 11.1. The normalized spacial score (nSPS) is 12.9. The van der Waals surface area contributed by atoms with Crippen LogP contribution in [0.2, 0.25) is 0 Å². The van der Waals surface area contributed by atoms with Crippen molar-refractivity contribution >= 4 is 35.2 Å². The SMILES string of the molecule is CCCCCCCCCCCCCC(=S)OCC(COC(=O)Cc1cc(C(C)(C)C)c(O)c(C(C)(C)C)c1)(COC(=O)Cc1cc(C(C)(C)C)c(O)c(C(C)(C)C)c1)COC(=O)Cc1cc(C(C)(C)C)c(O)c(C(C)(C)C)c1. The molecule has 3 rings (SSSR count). The van der Waals surface area contributed by atoms with Gasteiger partial charge in [-0.15, -0.1) is 0 Å². The van der Waals surface area contributed by atoms with Gasteiger partial charge in [0.15, 0.2) is 5.05 Å². The summed E-state index contributed by atoms with van der Waals surface area (Å²) in [5, 5.41) is 34.7. The Morgan fingerprint density at radius 2 is 0.590 bits per heavy atom. The molecule has 0 radical (unpaired) electrons. The first-order chi connectivity index (χ1) is 35.8. The van der Waals surface area contributed by atoms with Gasteiger partial charge in [-0.25, -0.2) is 0 Å². The van der Waals surface area contributed by atoms with Crippen LogP contribution in [0.25, 0.3) is 0 Å². The lowest BCUT2D eigenvalue weighted by molar-refractivity contribution is -0.164. The number of hydrogen-bond donors (Lipinski definition) is 3. The Labute approximate surface area is 477 Å². The number of aromatic hydroxyl groups is 3. The molecule has 0 spiro atoms. The molecule has 3 N–H and O–H groups in total. The molecule has 0 fully saturated rings. The van der Waals surface area contributed by atoms with Crippen molar-refractivity contribution in [2.75, 3.05) is 26.4 Å². The van der Waals surface area contributed by atoms with Gasteiger partial charge in [-0.05, 0) is 101 Å². The Kier molecular flexibility index (Phi) is 24.4. The van der Waals surface area contributed by atoms with Crippen LogP contribution in [0, 0.1) is 5.41 Å². The van der Waals surface area contributed by atoms with Crippen LogP contribution >= 0.6 is 12.2 Å². The molecule has 438 valence electrons. The summed E-state index contributed by atoms with van der Waals surface area (Å²) in [5.41, 5.74) is 2.25. The molecule has 78 heavy (non-hydrogen) atoms. The fourth-order valence-corrected chi connectivity index (χ4v) is 9.87. The molecule has 0 aliphatic carbocycles. The lowest BCUT2D eigenvalue weighted by Crippen LogP contribution is -2.44. The minimum absolute atomic E-state index is 0.125. The maximum Gasteiger partial charge on any atom is 0.310 e. The van der Waals surface area contributed by atoms with Crippen molar-refractivity contribution in [3.63, 3.8) is 0 Å². The number of ether oxygens (including phenoxy) is 4. The molecular weight excluding hydrogens is 997 g/mol. The third-order valence-electron chi connectivity index (χ3n) is 14.5. The predicted molar refractivity (Wildman–Crippen MR) is 323 cm³/mol. The number of phenols is 3. The number of thiocarbonyl (C=S) groups is 1. The molecule has 0 amide bonds. The summed E-state index contributed by atoms with van der Waals surface area (Å²) in [5.74, 6) is -1.13. The molecule has 10 nitrogen and oxygen atoms in total. The van der Waals surface area contributed by atoms with E-state index in [2.05, 4.69) is 6.92 Å². The molecule has 0 aliphatic heterocycles. The maximum absolute atomic E-state index is 14.2. The third kappa shape index (κ3) is 21.4. The first kappa shape index (κ1) is 67.6. The summed E-state index contributed by atoms with van der Waals surface area (Å²) < 4.78 is 24.9. The number of hydrogen-bond acceptors (Lipinski definition) is 11. The van der Waals surface area contributed by atoms with Crippen molar-refractivity contribution in [1.82, 2.24) is 0 Å². The van der Waals surface area contributed by atoms with Crippen molar-refractivity contribution in [2.45, 2.75) is 260 Å². The lowest BCUT2D eigenvalue weighted by Gasteiger charge is -2.32. The Morgan fingerprint density at radius 3 is 0.821 bits per heavy atom. The van der Waals surface area contributed by atoms with Crippen LogP contribution < -0.4 is 0 Å². The summed E-state index contributed by atoms with van der Waals surface area (Å²) >= 11 is 5.84. The van der Waals surface area contributed by atoms with Crippen LogP contribution in [0.5, 0.6) is 17.2 Å². The number of unbranched alkanes of at least 4 members (excludes halogenated alkanes) is 10. The Morgan fingerprint density at radius 1 is 0.372 bits per heavy atom. The van der Waals surface area contributed by atoms with Gasteiger partial charge in [0.25, 0.3) is 0 Å². The van der Waals surface area contributed by atoms with E-state index in [1.54, 1.807) is 0 Å². The molecule has 0 bridgehead atoms. The molecule has 0 saturated carbocycles. The van der Waals surface area contributed by atoms with Crippen LogP contribution in [-0.2, 0) is 85.1 Å². The van der Waals surface area contributed by atoms with Crippen LogP contribution in [-0.4, -0.2) is 64.7 Å². The largest absolute Gasteiger partial charge is 0.507 e. The third-order valence-corrected chi connectivity index (χ3v) is 14.9. The lowest BCUT2D eigenvalue weighted by atomic mass is 9.78. The van der Waals surface area contributed by atoms with E-state index in [-0.39, 0.29) is 62.9 Å². The first-order valence-electron chi connectivity index (χ1n) is 29.0. The van der Waals surface area contributed by atoms with E-state index < -0.39 is 55.8 Å². The van der Waals surface area contributed by atoms with Crippen LogP contribution in [0.3, 0.4) is 0 Å². The van der Waals surface area contributed by atoms with Crippen molar-refractivity contribution in [1.29, 1.82) is 0 Å². The first-order valence-corrected chi connectivity index (χ1v) is 29.4. The Hall–Kier alpha value is -4.64. The molecule has 3 aromatic rings. The van der Waals surface area contributed by atoms with Crippen LogP contribution in [0.1, 0.15) is 259 Å². The Bertz CT molecular complexity index is 2130. The zero-order valence-electron chi connectivity index (χ0n) is 52.0. The van der Waals surface area contributed by atoms with Crippen molar-refractivity contribution < 1.29 is 48.7 Å². The molecule has 11 heteroatoms. The second kappa shape index (κ2) is 28.2. The second-order valence-corrected chi connectivity index (χ2v) is 29.0. The molecular formula is C67H104O10S. The topological polar surface area (TPSA) is 149 Å². The second-order valence-electron chi connectivity index (χ2n) is 28.6. The number of carbonyl (C=O) groups excluding carboxylic acids is 3. The maximum atomic E-state index is 14.2. The predicted octanol–water partition coefficient (Wildman–Crippen LogP) is 16.3. The highest BCUT2D eigenvalue weighted by molar-refractivity contribution is 7.80. The summed E-state index contributed by atoms with van der Waals surface area (Å²) in [6.45, 7) is 37.2. The van der Waals surface area contributed by atoms with Crippen LogP contribution in [0.4, 0.5) is 0 Å². The monoisotopic (exact) mass is 1100 g/mol. The van der Waals surface area contributed by atoms with Gasteiger partial charge in [-0.3, -0.25) is 14.4 Å². The highest BCUT2D eigenvalue weighted by Gasteiger charge is 2.39. The minimum atomic E-state index is -1.42. The van der Waals surface area contributed by atoms with E-state index in [4.69, 9.17) is 31.2 Å². The van der Waals surface area contributed by atoms with Gasteiger partial charge in [0, 0.05) is 6.42 Å². The number of rotatable bonds is 26. The van der Waals surface area contributed by atoms with Crippen molar-refractivity contribution in [3.05, 3.63) is 86.5 Å². The highest BCUT2D eigenvalue weighted by Crippen LogP contribution is 2.43. The van der Waals surface area contributed by atoms with E-state index in [0.717, 1.165) is 19.3 Å². The smallest absolute Gasteiger partial charge is 0.310 e. The van der Waals surface area contributed by atoms with Gasteiger partial charge >= 0.3 is 17.9 Å². The van der Waals surface area contributed by atoms with Crippen molar-refractivity contribution in [2.24, 2.45) is 5.41 Å². The van der Waals surface area contributed by atoms with Crippen molar-refractivity contribution in [3.8, 4) is 17.2 Å². The van der Waals surface area contributed by atoms with Gasteiger partial charge in [-0.2, -0.15) is 0 Å².